The maximum atomic E-state index is 14.1. The van der Waals surface area contributed by atoms with E-state index in [1.54, 1.807) is 0 Å². The Balaban J connectivity index is 1.44. The van der Waals surface area contributed by atoms with E-state index in [1.807, 2.05) is 37.3 Å². The predicted octanol–water partition coefficient (Wildman–Crippen LogP) is 0.0692. The second-order valence-corrected chi connectivity index (χ2v) is 10.4. The number of aliphatic hydroxyl groups excluding tert-OH is 1. The number of nitrogens with zero attached hydrogens (tertiary/aromatic N) is 2. The normalized spacial score (nSPS) is 31.8. The summed E-state index contributed by atoms with van der Waals surface area (Å²) in [5.74, 6) is -2.18. The van der Waals surface area contributed by atoms with Crippen LogP contribution in [0.4, 0.5) is 0 Å². The van der Waals surface area contributed by atoms with Gasteiger partial charge in [0.15, 0.2) is 0 Å². The van der Waals surface area contributed by atoms with E-state index in [-0.39, 0.29) is 30.4 Å². The van der Waals surface area contributed by atoms with Crippen molar-refractivity contribution in [2.24, 2.45) is 11.8 Å². The molecular weight excluding hydrogens is 476 g/mol. The van der Waals surface area contributed by atoms with E-state index in [0.717, 1.165) is 25.1 Å². The smallest absolute Gasteiger partial charge is 0.245 e. The summed E-state index contributed by atoms with van der Waals surface area (Å²) in [5, 5.41) is 16.4. The van der Waals surface area contributed by atoms with Crippen molar-refractivity contribution in [2.45, 2.75) is 50.0 Å². The zero-order valence-electron chi connectivity index (χ0n) is 21.4. The Morgan fingerprint density at radius 1 is 1.14 bits per heavy atom. The molecule has 4 fully saturated rings. The summed E-state index contributed by atoms with van der Waals surface area (Å²) in [5.41, 5.74) is -0.344. The molecule has 4 heterocycles. The SMILES string of the molecule is CCCNC(=O)[C@@H]1[C@@H]2CCC3(O2)C(C(=O)NCCN2CCOCC2)N([C@H](CO)c2ccccc2)C(=O)[C@H]13. The lowest BCUT2D eigenvalue weighted by atomic mass is 9.70. The van der Waals surface area contributed by atoms with Gasteiger partial charge in [0.25, 0.3) is 0 Å². The first-order chi connectivity index (χ1) is 18.0. The first kappa shape index (κ1) is 26.1. The number of morpholine rings is 1. The number of hydrogen-bond donors (Lipinski definition) is 3. The van der Waals surface area contributed by atoms with E-state index < -0.39 is 29.5 Å². The molecule has 4 saturated heterocycles. The second kappa shape index (κ2) is 11.1. The molecule has 0 saturated carbocycles. The highest BCUT2D eigenvalue weighted by Crippen LogP contribution is 2.59. The molecule has 2 unspecified atom stereocenters. The number of carbonyl (C=O) groups excluding carboxylic acids is 3. The summed E-state index contributed by atoms with van der Waals surface area (Å²) in [6, 6.07) is 7.60. The van der Waals surface area contributed by atoms with E-state index in [4.69, 9.17) is 9.47 Å². The molecule has 10 nitrogen and oxygen atoms in total. The fourth-order valence-electron chi connectivity index (χ4n) is 6.68. The highest BCUT2D eigenvalue weighted by atomic mass is 16.5. The molecule has 0 aromatic heterocycles. The topological polar surface area (TPSA) is 120 Å². The fourth-order valence-corrected chi connectivity index (χ4v) is 6.68. The molecule has 4 aliphatic rings. The molecule has 1 aromatic carbocycles. The van der Waals surface area contributed by atoms with Gasteiger partial charge >= 0.3 is 0 Å². The van der Waals surface area contributed by atoms with Crippen molar-refractivity contribution in [2.75, 3.05) is 52.5 Å². The third-order valence-corrected chi connectivity index (χ3v) is 8.36. The van der Waals surface area contributed by atoms with Gasteiger partial charge in [0.05, 0.1) is 43.8 Å². The van der Waals surface area contributed by atoms with Gasteiger partial charge in [-0.2, -0.15) is 0 Å². The van der Waals surface area contributed by atoms with Crippen molar-refractivity contribution in [1.82, 2.24) is 20.4 Å². The first-order valence-electron chi connectivity index (χ1n) is 13.5. The van der Waals surface area contributed by atoms with Crippen molar-refractivity contribution < 1.29 is 29.0 Å². The molecule has 1 aromatic rings. The first-order valence-corrected chi connectivity index (χ1v) is 13.5. The Kier molecular flexibility index (Phi) is 7.80. The quantitative estimate of drug-likeness (QED) is 0.404. The Morgan fingerprint density at radius 3 is 2.57 bits per heavy atom. The molecule has 5 rings (SSSR count). The monoisotopic (exact) mass is 514 g/mol. The van der Waals surface area contributed by atoms with Gasteiger partial charge in [-0.05, 0) is 24.8 Å². The zero-order chi connectivity index (χ0) is 26.0. The molecule has 2 bridgehead atoms. The van der Waals surface area contributed by atoms with Gasteiger partial charge in [0, 0.05) is 32.7 Å². The van der Waals surface area contributed by atoms with E-state index in [0.29, 0.717) is 45.7 Å². The molecule has 6 atom stereocenters. The minimum absolute atomic E-state index is 0.194. The zero-order valence-corrected chi connectivity index (χ0v) is 21.4. The summed E-state index contributed by atoms with van der Waals surface area (Å²) in [6.07, 6.45) is 1.54. The largest absolute Gasteiger partial charge is 0.394 e. The lowest BCUT2D eigenvalue weighted by Crippen LogP contribution is -2.57. The van der Waals surface area contributed by atoms with Crippen LogP contribution in [0.2, 0.25) is 0 Å². The van der Waals surface area contributed by atoms with Crippen molar-refractivity contribution in [3.63, 3.8) is 0 Å². The lowest BCUT2D eigenvalue weighted by Gasteiger charge is -2.37. The molecule has 4 aliphatic heterocycles. The number of aliphatic hydroxyl groups is 1. The highest BCUT2D eigenvalue weighted by Gasteiger charge is 2.75. The van der Waals surface area contributed by atoms with Crippen molar-refractivity contribution in [3.8, 4) is 0 Å². The van der Waals surface area contributed by atoms with Gasteiger partial charge in [-0.3, -0.25) is 19.3 Å². The average Bonchev–Trinajstić information content (AvgIpc) is 3.57. The molecule has 3 N–H and O–H groups in total. The van der Waals surface area contributed by atoms with Crippen LogP contribution in [-0.2, 0) is 23.9 Å². The summed E-state index contributed by atoms with van der Waals surface area (Å²) in [4.78, 5) is 44.9. The number of benzene rings is 1. The van der Waals surface area contributed by atoms with Crippen LogP contribution in [-0.4, -0.2) is 103 Å². The standard InChI is InChI=1S/C27H38N4O6/c1-2-10-28-24(33)21-20-8-9-27(37-20)22(21)26(35)31(19(17-32)18-6-4-3-5-7-18)23(27)25(34)29-11-12-30-13-15-36-16-14-30/h3-7,19-23,32H,2,8-17H2,1H3,(H,28,33)(H,29,34)/t19-,20+,21-,22+,23?,27?/m1/s1. The van der Waals surface area contributed by atoms with Crippen LogP contribution in [0.3, 0.4) is 0 Å². The number of likely N-dealkylation sites (tertiary alicyclic amines) is 1. The van der Waals surface area contributed by atoms with Gasteiger partial charge in [-0.25, -0.2) is 0 Å². The lowest BCUT2D eigenvalue weighted by molar-refractivity contribution is -0.145. The average molecular weight is 515 g/mol. The number of hydrogen-bond acceptors (Lipinski definition) is 7. The maximum absolute atomic E-state index is 14.1. The Bertz CT molecular complexity index is 986. The van der Waals surface area contributed by atoms with E-state index in [9.17, 15) is 19.5 Å². The van der Waals surface area contributed by atoms with E-state index in [2.05, 4.69) is 15.5 Å². The molecule has 37 heavy (non-hydrogen) atoms. The van der Waals surface area contributed by atoms with Gasteiger partial charge in [0.2, 0.25) is 17.7 Å². The minimum atomic E-state index is -1.08. The van der Waals surface area contributed by atoms with Crippen LogP contribution in [0.5, 0.6) is 0 Å². The van der Waals surface area contributed by atoms with Crippen LogP contribution in [0.15, 0.2) is 30.3 Å². The third kappa shape index (κ3) is 4.65. The number of ether oxygens (including phenoxy) is 2. The van der Waals surface area contributed by atoms with E-state index >= 15 is 0 Å². The Labute approximate surface area is 217 Å². The Morgan fingerprint density at radius 2 is 1.86 bits per heavy atom. The molecule has 202 valence electrons. The summed E-state index contributed by atoms with van der Waals surface area (Å²) >= 11 is 0. The number of fused-ring (bicyclic) bond motifs is 1. The molecule has 0 aliphatic carbocycles. The van der Waals surface area contributed by atoms with Gasteiger partial charge in [0.1, 0.15) is 11.6 Å². The predicted molar refractivity (Wildman–Crippen MR) is 134 cm³/mol. The van der Waals surface area contributed by atoms with Gasteiger partial charge < -0.3 is 30.1 Å². The van der Waals surface area contributed by atoms with Crippen molar-refractivity contribution in [3.05, 3.63) is 35.9 Å². The summed E-state index contributed by atoms with van der Waals surface area (Å²) in [7, 11) is 0. The van der Waals surface area contributed by atoms with Crippen molar-refractivity contribution in [1.29, 1.82) is 0 Å². The van der Waals surface area contributed by atoms with Gasteiger partial charge in [-0.1, -0.05) is 37.3 Å². The molecular formula is C27H38N4O6. The van der Waals surface area contributed by atoms with Crippen LogP contribution in [0.1, 0.15) is 37.8 Å². The highest BCUT2D eigenvalue weighted by molar-refractivity contribution is 5.99. The number of amides is 3. The molecule has 0 radical (unpaired) electrons. The molecule has 10 heteroatoms. The second-order valence-electron chi connectivity index (χ2n) is 10.4. The minimum Gasteiger partial charge on any atom is -0.394 e. The number of rotatable bonds is 10. The third-order valence-electron chi connectivity index (χ3n) is 8.36. The number of carbonyl (C=O) groups is 3. The fraction of sp³-hybridized carbons (Fsp3) is 0.667. The molecule has 3 amide bonds. The maximum Gasteiger partial charge on any atom is 0.245 e. The number of nitrogens with one attached hydrogen (secondary N) is 2. The Hall–Kier alpha value is -2.53. The summed E-state index contributed by atoms with van der Waals surface area (Å²) in [6.45, 7) is 6.25. The van der Waals surface area contributed by atoms with Gasteiger partial charge in [-0.15, -0.1) is 0 Å². The van der Waals surface area contributed by atoms with Crippen LogP contribution < -0.4 is 10.6 Å². The summed E-state index contributed by atoms with van der Waals surface area (Å²) < 4.78 is 11.9. The van der Waals surface area contributed by atoms with Crippen LogP contribution >= 0.6 is 0 Å². The van der Waals surface area contributed by atoms with Crippen LogP contribution in [0.25, 0.3) is 0 Å². The van der Waals surface area contributed by atoms with Crippen LogP contribution in [0, 0.1) is 11.8 Å². The van der Waals surface area contributed by atoms with Crippen molar-refractivity contribution >= 4 is 17.7 Å². The molecule has 1 spiro atoms. The van der Waals surface area contributed by atoms with E-state index in [1.165, 1.54) is 4.90 Å².